The second-order valence-electron chi connectivity index (χ2n) is 6.98. The molecule has 0 spiro atoms. The Balaban J connectivity index is 1.64. The Hall–Kier alpha value is -2.04. The van der Waals surface area contributed by atoms with Gasteiger partial charge in [0.05, 0.1) is 12.8 Å². The fraction of sp³-hybridized carbons (Fsp3) is 0.381. The highest BCUT2D eigenvalue weighted by Crippen LogP contribution is 2.28. The molecule has 1 N–H and O–H groups in total. The van der Waals surface area contributed by atoms with Gasteiger partial charge in [-0.3, -0.25) is 9.69 Å². The number of hydrogen-bond acceptors (Lipinski definition) is 3. The Bertz CT molecular complexity index is 761. The van der Waals surface area contributed by atoms with Gasteiger partial charge in [0.1, 0.15) is 5.75 Å². The van der Waals surface area contributed by atoms with Gasteiger partial charge >= 0.3 is 0 Å². The second-order valence-corrected chi connectivity index (χ2v) is 7.41. The lowest BCUT2D eigenvalue weighted by molar-refractivity contribution is 0.102. The van der Waals surface area contributed by atoms with Crippen molar-refractivity contribution >= 4 is 23.2 Å². The van der Waals surface area contributed by atoms with Crippen LogP contribution in [0.2, 0.25) is 5.02 Å². The molecular weight excluding hydrogens is 348 g/mol. The van der Waals surface area contributed by atoms with Crippen molar-refractivity contribution in [3.8, 4) is 5.75 Å². The summed E-state index contributed by atoms with van der Waals surface area (Å²) in [5.74, 6) is 1.17. The number of benzene rings is 2. The van der Waals surface area contributed by atoms with E-state index in [0.29, 0.717) is 22.0 Å². The molecule has 0 unspecified atom stereocenters. The molecule has 0 bridgehead atoms. The SMILES string of the molecule is COc1ccc(Cl)cc1NC(=O)c1ccc(CN2CCC[C@H](C)C2)cc1. The number of nitrogens with zero attached hydrogens (tertiary/aromatic N) is 1. The van der Waals surface area contributed by atoms with Crippen LogP contribution in [0.5, 0.6) is 5.75 Å². The molecule has 4 nitrogen and oxygen atoms in total. The van der Waals surface area contributed by atoms with E-state index in [1.165, 1.54) is 18.4 Å². The molecule has 1 saturated heterocycles. The number of piperidine rings is 1. The molecule has 0 radical (unpaired) electrons. The van der Waals surface area contributed by atoms with Crippen molar-refractivity contribution in [2.45, 2.75) is 26.3 Å². The zero-order chi connectivity index (χ0) is 18.5. The molecule has 1 amide bonds. The number of likely N-dealkylation sites (tertiary alicyclic amines) is 1. The van der Waals surface area contributed by atoms with Crippen LogP contribution in [0.4, 0.5) is 5.69 Å². The first-order chi connectivity index (χ1) is 12.5. The third kappa shape index (κ3) is 4.77. The molecule has 1 fully saturated rings. The van der Waals surface area contributed by atoms with Crippen molar-refractivity contribution in [2.75, 3.05) is 25.5 Å². The standard InChI is InChI=1S/C21H25ClN2O2/c1-15-4-3-11-24(13-15)14-16-5-7-17(8-6-16)21(25)23-19-12-18(22)9-10-20(19)26-2/h5-10,12,15H,3-4,11,13-14H2,1-2H3,(H,23,25)/t15-/m0/s1. The van der Waals surface area contributed by atoms with Crippen LogP contribution in [0.1, 0.15) is 35.7 Å². The number of amides is 1. The predicted molar refractivity (Wildman–Crippen MR) is 106 cm³/mol. The van der Waals surface area contributed by atoms with Gasteiger partial charge in [0.2, 0.25) is 0 Å². The zero-order valence-electron chi connectivity index (χ0n) is 15.3. The summed E-state index contributed by atoms with van der Waals surface area (Å²) in [5, 5.41) is 3.41. The molecule has 1 atom stereocenters. The van der Waals surface area contributed by atoms with Crippen LogP contribution < -0.4 is 10.1 Å². The van der Waals surface area contributed by atoms with Crippen LogP contribution in [0.15, 0.2) is 42.5 Å². The Morgan fingerprint density at radius 2 is 2.04 bits per heavy atom. The number of carbonyl (C=O) groups is 1. The molecule has 1 aliphatic rings. The Morgan fingerprint density at radius 1 is 1.27 bits per heavy atom. The van der Waals surface area contributed by atoms with Gasteiger partial charge in [-0.25, -0.2) is 0 Å². The number of nitrogens with one attached hydrogen (secondary N) is 1. The molecule has 2 aromatic carbocycles. The molecule has 3 rings (SSSR count). The first-order valence-corrected chi connectivity index (χ1v) is 9.39. The van der Waals surface area contributed by atoms with Crippen molar-refractivity contribution in [3.05, 3.63) is 58.6 Å². The van der Waals surface area contributed by atoms with Crippen LogP contribution in [0.3, 0.4) is 0 Å². The average molecular weight is 373 g/mol. The Kier molecular flexibility index (Phi) is 6.17. The van der Waals surface area contributed by atoms with Crippen LogP contribution in [0.25, 0.3) is 0 Å². The van der Waals surface area contributed by atoms with Gasteiger partial charge in [-0.1, -0.05) is 30.7 Å². The van der Waals surface area contributed by atoms with Gasteiger partial charge in [0.15, 0.2) is 0 Å². The van der Waals surface area contributed by atoms with Crippen molar-refractivity contribution in [1.29, 1.82) is 0 Å². The summed E-state index contributed by atoms with van der Waals surface area (Å²) in [7, 11) is 1.56. The molecule has 1 heterocycles. The van der Waals surface area contributed by atoms with E-state index in [1.54, 1.807) is 25.3 Å². The average Bonchev–Trinajstić information content (AvgIpc) is 2.62. The number of methoxy groups -OCH3 is 1. The summed E-state index contributed by atoms with van der Waals surface area (Å²) in [4.78, 5) is 15.0. The lowest BCUT2D eigenvalue weighted by Gasteiger charge is -2.30. The maximum absolute atomic E-state index is 12.5. The normalized spacial score (nSPS) is 17.7. The summed E-state index contributed by atoms with van der Waals surface area (Å²) >= 11 is 6.02. The molecule has 26 heavy (non-hydrogen) atoms. The lowest BCUT2D eigenvalue weighted by atomic mass is 9.99. The van der Waals surface area contributed by atoms with E-state index in [2.05, 4.69) is 17.1 Å². The molecular formula is C21H25ClN2O2. The van der Waals surface area contributed by atoms with Gasteiger partial charge < -0.3 is 10.1 Å². The number of halogens is 1. The molecule has 2 aromatic rings. The van der Waals surface area contributed by atoms with Crippen molar-refractivity contribution in [3.63, 3.8) is 0 Å². The minimum atomic E-state index is -0.177. The summed E-state index contributed by atoms with van der Waals surface area (Å²) in [6, 6.07) is 13.0. The molecule has 0 aliphatic carbocycles. The number of ether oxygens (including phenoxy) is 1. The summed E-state index contributed by atoms with van der Waals surface area (Å²) in [5.41, 5.74) is 2.41. The number of hydrogen-bond donors (Lipinski definition) is 1. The van der Waals surface area contributed by atoms with E-state index in [1.807, 2.05) is 24.3 Å². The van der Waals surface area contributed by atoms with Crippen LogP contribution in [-0.2, 0) is 6.54 Å². The zero-order valence-corrected chi connectivity index (χ0v) is 16.1. The van der Waals surface area contributed by atoms with Crippen molar-refractivity contribution < 1.29 is 9.53 Å². The fourth-order valence-electron chi connectivity index (χ4n) is 3.42. The largest absolute Gasteiger partial charge is 0.495 e. The second kappa shape index (κ2) is 8.56. The van der Waals surface area contributed by atoms with Gasteiger partial charge in [0.25, 0.3) is 5.91 Å². The first kappa shape index (κ1) is 18.7. The minimum Gasteiger partial charge on any atom is -0.495 e. The smallest absolute Gasteiger partial charge is 0.255 e. The maximum Gasteiger partial charge on any atom is 0.255 e. The number of anilines is 1. The monoisotopic (exact) mass is 372 g/mol. The number of rotatable bonds is 5. The van der Waals surface area contributed by atoms with E-state index in [4.69, 9.17) is 16.3 Å². The van der Waals surface area contributed by atoms with Crippen LogP contribution in [-0.4, -0.2) is 31.0 Å². The predicted octanol–water partition coefficient (Wildman–Crippen LogP) is 4.83. The fourth-order valence-corrected chi connectivity index (χ4v) is 3.59. The van der Waals surface area contributed by atoms with E-state index in [-0.39, 0.29) is 5.91 Å². The van der Waals surface area contributed by atoms with E-state index in [9.17, 15) is 4.79 Å². The quantitative estimate of drug-likeness (QED) is 0.817. The minimum absolute atomic E-state index is 0.177. The van der Waals surface area contributed by atoms with Crippen molar-refractivity contribution in [2.24, 2.45) is 5.92 Å². The molecule has 138 valence electrons. The highest BCUT2D eigenvalue weighted by molar-refractivity contribution is 6.31. The van der Waals surface area contributed by atoms with Gasteiger partial charge in [-0.15, -0.1) is 0 Å². The molecule has 0 aromatic heterocycles. The van der Waals surface area contributed by atoms with Crippen LogP contribution in [0, 0.1) is 5.92 Å². The molecule has 0 saturated carbocycles. The van der Waals surface area contributed by atoms with Crippen LogP contribution >= 0.6 is 11.6 Å². The highest BCUT2D eigenvalue weighted by atomic mass is 35.5. The molecule has 5 heteroatoms. The topological polar surface area (TPSA) is 41.6 Å². The van der Waals surface area contributed by atoms with E-state index in [0.717, 1.165) is 25.6 Å². The van der Waals surface area contributed by atoms with Gasteiger partial charge in [-0.2, -0.15) is 0 Å². The summed E-state index contributed by atoms with van der Waals surface area (Å²) < 4.78 is 5.27. The van der Waals surface area contributed by atoms with E-state index >= 15 is 0 Å². The highest BCUT2D eigenvalue weighted by Gasteiger charge is 2.16. The molecule has 1 aliphatic heterocycles. The Labute approximate surface area is 160 Å². The maximum atomic E-state index is 12.5. The lowest BCUT2D eigenvalue weighted by Crippen LogP contribution is -2.33. The third-order valence-corrected chi connectivity index (χ3v) is 5.01. The summed E-state index contributed by atoms with van der Waals surface area (Å²) in [6.07, 6.45) is 2.59. The summed E-state index contributed by atoms with van der Waals surface area (Å²) in [6.45, 7) is 5.55. The van der Waals surface area contributed by atoms with Gasteiger partial charge in [-0.05, 0) is 61.2 Å². The number of carbonyl (C=O) groups excluding carboxylic acids is 1. The Morgan fingerprint density at radius 3 is 2.73 bits per heavy atom. The van der Waals surface area contributed by atoms with E-state index < -0.39 is 0 Å². The van der Waals surface area contributed by atoms with Crippen molar-refractivity contribution in [1.82, 2.24) is 4.90 Å². The first-order valence-electron chi connectivity index (χ1n) is 9.01. The third-order valence-electron chi connectivity index (χ3n) is 4.77. The van der Waals surface area contributed by atoms with Gasteiger partial charge in [0, 0.05) is 23.7 Å².